The van der Waals surface area contributed by atoms with Crippen molar-refractivity contribution in [3.05, 3.63) is 30.3 Å². The van der Waals surface area contributed by atoms with E-state index >= 15 is 0 Å². The second kappa shape index (κ2) is 11.5. The number of hydrogen-bond donors (Lipinski definition) is 2. The number of rotatable bonds is 9. The van der Waals surface area contributed by atoms with E-state index in [9.17, 15) is 14.8 Å². The summed E-state index contributed by atoms with van der Waals surface area (Å²) in [4.78, 5) is 0. The SMILES string of the molecule is CCOP(=O)(CCC[C@@H](C)[C@H]1CC[C@H]2[C@@H]3[C@H](O)[C@H](CC)[C@@H]4C[C@H](O)CC[C@]4(C)[C@H]3CC[C@]12C)c1ccccc1. The van der Waals surface area contributed by atoms with E-state index < -0.39 is 7.37 Å². The van der Waals surface area contributed by atoms with Gasteiger partial charge < -0.3 is 14.7 Å². The Balaban J connectivity index is 1.29. The van der Waals surface area contributed by atoms with Crippen molar-refractivity contribution in [1.82, 2.24) is 0 Å². The van der Waals surface area contributed by atoms with Crippen molar-refractivity contribution in [2.24, 2.45) is 52.3 Å². The summed E-state index contributed by atoms with van der Waals surface area (Å²) in [5.74, 6) is 3.60. The van der Waals surface area contributed by atoms with Gasteiger partial charge in [0.15, 0.2) is 0 Å². The van der Waals surface area contributed by atoms with Crippen LogP contribution in [0.3, 0.4) is 0 Å². The predicted molar refractivity (Wildman–Crippen MR) is 160 cm³/mol. The van der Waals surface area contributed by atoms with Crippen molar-refractivity contribution in [3.8, 4) is 0 Å². The molecule has 0 spiro atoms. The van der Waals surface area contributed by atoms with Crippen molar-refractivity contribution in [1.29, 1.82) is 0 Å². The van der Waals surface area contributed by atoms with Crippen LogP contribution in [-0.4, -0.2) is 35.2 Å². The summed E-state index contributed by atoms with van der Waals surface area (Å²) < 4.78 is 19.7. The molecule has 5 heteroatoms. The van der Waals surface area contributed by atoms with Crippen molar-refractivity contribution < 1.29 is 19.3 Å². The van der Waals surface area contributed by atoms with E-state index in [4.69, 9.17) is 4.52 Å². The lowest BCUT2D eigenvalue weighted by Gasteiger charge is -2.64. The molecule has 220 valence electrons. The molecule has 4 aliphatic carbocycles. The molecule has 0 heterocycles. The predicted octanol–water partition coefficient (Wildman–Crippen LogP) is 7.67. The number of aliphatic hydroxyl groups excluding tert-OH is 2. The minimum atomic E-state index is -2.82. The Bertz CT molecular complexity index is 1010. The van der Waals surface area contributed by atoms with Gasteiger partial charge in [-0.2, -0.15) is 0 Å². The number of hydrogen-bond acceptors (Lipinski definition) is 4. The maximum absolute atomic E-state index is 13.8. The first kappa shape index (κ1) is 29.8. The Hall–Kier alpha value is -0.670. The van der Waals surface area contributed by atoms with E-state index in [-0.39, 0.29) is 23.0 Å². The van der Waals surface area contributed by atoms with Crippen LogP contribution in [0.25, 0.3) is 0 Å². The van der Waals surface area contributed by atoms with E-state index in [1.54, 1.807) is 0 Å². The molecule has 1 aromatic carbocycles. The van der Waals surface area contributed by atoms with Crippen molar-refractivity contribution >= 4 is 12.7 Å². The molecule has 39 heavy (non-hydrogen) atoms. The largest absolute Gasteiger partial charge is 0.393 e. The molecule has 0 aliphatic heterocycles. The Morgan fingerprint density at radius 1 is 0.974 bits per heavy atom. The van der Waals surface area contributed by atoms with Crippen molar-refractivity contribution in [3.63, 3.8) is 0 Å². The first-order valence-corrected chi connectivity index (χ1v) is 18.1. The first-order valence-electron chi connectivity index (χ1n) is 16.2. The monoisotopic (exact) mass is 558 g/mol. The minimum Gasteiger partial charge on any atom is -0.393 e. The molecule has 0 saturated heterocycles. The topological polar surface area (TPSA) is 66.8 Å². The summed E-state index contributed by atoms with van der Waals surface area (Å²) in [7, 11) is -2.82. The van der Waals surface area contributed by atoms with E-state index in [0.717, 1.165) is 43.8 Å². The zero-order valence-corrected chi connectivity index (χ0v) is 26.1. The fraction of sp³-hybridized carbons (Fsp3) is 0.824. The fourth-order valence-corrected chi connectivity index (χ4v) is 13.1. The third-order valence-corrected chi connectivity index (χ3v) is 15.4. The van der Waals surface area contributed by atoms with Crippen LogP contribution in [0.4, 0.5) is 0 Å². The highest BCUT2D eigenvalue weighted by atomic mass is 31.2. The summed E-state index contributed by atoms with van der Waals surface area (Å²) in [6.07, 6.45) is 11.2. The highest BCUT2D eigenvalue weighted by Gasteiger charge is 2.64. The molecule has 4 nitrogen and oxygen atoms in total. The number of benzene rings is 1. The molecule has 0 radical (unpaired) electrons. The standard InChI is InChI=1S/C34H55O4P/c1-6-26-30-22-24(35)17-19-34(30,5)29-18-20-33(4)27(15-16-28(33)31(29)32(26)36)23(3)12-11-21-39(37,38-7-2)25-13-9-8-10-14-25/h8-10,13-14,23-24,26-32,35-36H,6-7,11-12,15-22H2,1-5H3/t23-,24-,26-,27-,28+,29+,30+,31+,32-,33-,34-,39?/m1/s1. The zero-order chi connectivity index (χ0) is 28.0. The summed E-state index contributed by atoms with van der Waals surface area (Å²) in [5.41, 5.74) is 0.535. The van der Waals surface area contributed by atoms with E-state index in [1.807, 2.05) is 37.3 Å². The van der Waals surface area contributed by atoms with Crippen LogP contribution in [0.1, 0.15) is 98.8 Å². The van der Waals surface area contributed by atoms with Gasteiger partial charge in [0.05, 0.1) is 18.8 Å². The van der Waals surface area contributed by atoms with Gasteiger partial charge in [-0.05, 0) is 129 Å². The second-order valence-electron chi connectivity index (χ2n) is 14.4. The number of aliphatic hydroxyl groups is 2. The molecule has 4 aliphatic rings. The molecule has 2 N–H and O–H groups in total. The summed E-state index contributed by atoms with van der Waals surface area (Å²) in [6.45, 7) is 12.2. The Labute approximate surface area is 238 Å². The summed E-state index contributed by atoms with van der Waals surface area (Å²) >= 11 is 0. The molecular formula is C34H55O4P. The average Bonchev–Trinajstić information content (AvgIpc) is 3.28. The molecule has 12 atom stereocenters. The minimum absolute atomic E-state index is 0.189. The van der Waals surface area contributed by atoms with Crippen LogP contribution >= 0.6 is 7.37 Å². The third-order valence-electron chi connectivity index (χ3n) is 12.7. The van der Waals surface area contributed by atoms with Crippen molar-refractivity contribution in [2.45, 2.75) is 111 Å². The molecule has 1 aromatic rings. The maximum atomic E-state index is 13.8. The van der Waals surface area contributed by atoms with Crippen LogP contribution in [0, 0.1) is 52.3 Å². The summed E-state index contributed by atoms with van der Waals surface area (Å²) in [5, 5.41) is 23.4. The maximum Gasteiger partial charge on any atom is 0.232 e. The molecule has 1 unspecified atom stereocenters. The molecule has 0 aromatic heterocycles. The molecular weight excluding hydrogens is 503 g/mol. The lowest BCUT2D eigenvalue weighted by molar-refractivity contribution is -0.203. The molecule has 4 fully saturated rings. The molecule has 0 bridgehead atoms. The van der Waals surface area contributed by atoms with E-state index in [0.29, 0.717) is 54.2 Å². The van der Waals surface area contributed by atoms with Crippen LogP contribution in [0.15, 0.2) is 30.3 Å². The van der Waals surface area contributed by atoms with Gasteiger partial charge in [-0.15, -0.1) is 0 Å². The zero-order valence-electron chi connectivity index (χ0n) is 25.2. The first-order chi connectivity index (χ1) is 18.6. The van der Waals surface area contributed by atoms with Gasteiger partial charge in [0.25, 0.3) is 0 Å². The smallest absolute Gasteiger partial charge is 0.232 e. The van der Waals surface area contributed by atoms with Gasteiger partial charge in [0.1, 0.15) is 0 Å². The Morgan fingerprint density at radius 3 is 2.36 bits per heavy atom. The van der Waals surface area contributed by atoms with Gasteiger partial charge in [-0.25, -0.2) is 0 Å². The van der Waals surface area contributed by atoms with Crippen LogP contribution in [0.2, 0.25) is 0 Å². The quantitative estimate of drug-likeness (QED) is 0.305. The molecule has 5 rings (SSSR count). The Kier molecular flexibility index (Phi) is 8.82. The van der Waals surface area contributed by atoms with Gasteiger partial charge in [-0.3, -0.25) is 4.57 Å². The average molecular weight is 559 g/mol. The lowest BCUT2D eigenvalue weighted by atomic mass is 9.41. The van der Waals surface area contributed by atoms with Gasteiger partial charge in [-0.1, -0.05) is 52.3 Å². The highest BCUT2D eigenvalue weighted by molar-refractivity contribution is 7.67. The van der Waals surface area contributed by atoms with Crippen molar-refractivity contribution in [2.75, 3.05) is 12.8 Å². The van der Waals surface area contributed by atoms with Crippen LogP contribution < -0.4 is 5.30 Å². The molecule has 0 amide bonds. The van der Waals surface area contributed by atoms with Crippen LogP contribution in [0.5, 0.6) is 0 Å². The second-order valence-corrected chi connectivity index (χ2v) is 17.0. The third kappa shape index (κ3) is 5.13. The van der Waals surface area contributed by atoms with Gasteiger partial charge >= 0.3 is 0 Å². The van der Waals surface area contributed by atoms with E-state index in [2.05, 4.69) is 27.7 Å². The highest BCUT2D eigenvalue weighted by Crippen LogP contribution is 2.69. The number of fused-ring (bicyclic) bond motifs is 5. The van der Waals surface area contributed by atoms with Gasteiger partial charge in [0, 0.05) is 11.5 Å². The van der Waals surface area contributed by atoms with Crippen LogP contribution in [-0.2, 0) is 9.09 Å². The normalized spacial score (nSPS) is 44.1. The summed E-state index contributed by atoms with van der Waals surface area (Å²) in [6, 6.07) is 9.80. The fourth-order valence-electron chi connectivity index (χ4n) is 10.9. The Morgan fingerprint density at radius 2 is 1.67 bits per heavy atom. The molecule has 4 saturated carbocycles. The lowest BCUT2D eigenvalue weighted by Crippen LogP contribution is -2.62. The van der Waals surface area contributed by atoms with Gasteiger partial charge in [0.2, 0.25) is 7.37 Å². The van der Waals surface area contributed by atoms with E-state index in [1.165, 1.54) is 25.7 Å².